The van der Waals surface area contributed by atoms with Crippen LogP contribution in [0.15, 0.2) is 36.7 Å². The summed E-state index contributed by atoms with van der Waals surface area (Å²) in [7, 11) is -4.71. The first-order chi connectivity index (χ1) is 27.4. The van der Waals surface area contributed by atoms with Crippen molar-refractivity contribution in [3.05, 3.63) is 59.3 Å². The third-order valence-corrected chi connectivity index (χ3v) is 11.9. The Morgan fingerprint density at radius 3 is 2.18 bits per heavy atom. The number of rotatable bonds is 29. The number of unbranched alkanes of at least 4 members (excludes halogenated alkanes) is 17. The van der Waals surface area contributed by atoms with Crippen LogP contribution in [0, 0.1) is 17.1 Å². The molecule has 1 fully saturated rings. The summed E-state index contributed by atoms with van der Waals surface area (Å²) in [4.78, 5) is 14.6. The summed E-state index contributed by atoms with van der Waals surface area (Å²) in [6, 6.07) is 9.04. The summed E-state index contributed by atoms with van der Waals surface area (Å²) in [5, 5.41) is 36.2. The average Bonchev–Trinajstić information content (AvgIpc) is 3.74. The first-order valence-corrected chi connectivity index (χ1v) is 22.5. The minimum Gasteiger partial charge on any atom is -0.386 e. The second-order valence-electron chi connectivity index (χ2n) is 15.8. The number of ether oxygens (including phenoxy) is 2. The fourth-order valence-electron chi connectivity index (χ4n) is 7.48. The molecule has 57 heavy (non-hydrogen) atoms. The Morgan fingerprint density at radius 2 is 1.58 bits per heavy atom. The number of aliphatic hydroxyl groups excluding tert-OH is 1. The maximum absolute atomic E-state index is 14.1. The molecular weight excluding hydrogens is 752 g/mol. The van der Waals surface area contributed by atoms with Gasteiger partial charge in [0.05, 0.1) is 49.9 Å². The highest BCUT2D eigenvalue weighted by Crippen LogP contribution is 2.48. The number of hydrogen-bond donors (Lipinski definition) is 4. The molecule has 0 bridgehead atoms. The molecule has 1 saturated heterocycles. The van der Waals surface area contributed by atoms with Crippen molar-refractivity contribution in [2.75, 3.05) is 25.6 Å². The van der Waals surface area contributed by atoms with Gasteiger partial charge in [0.25, 0.3) is 0 Å². The van der Waals surface area contributed by atoms with Crippen LogP contribution in [0.25, 0.3) is 5.52 Å². The third kappa shape index (κ3) is 14.7. The predicted octanol–water partition coefficient (Wildman–Crippen LogP) is 8.81. The molecule has 13 nitrogen and oxygen atoms in total. The van der Waals surface area contributed by atoms with Crippen LogP contribution in [0.5, 0.6) is 0 Å². The van der Waals surface area contributed by atoms with Gasteiger partial charge >= 0.3 is 7.82 Å². The van der Waals surface area contributed by atoms with E-state index in [1.807, 2.05) is 6.07 Å². The van der Waals surface area contributed by atoms with Crippen molar-refractivity contribution in [2.24, 2.45) is 0 Å². The molecular formula is C42H65FN5O8P. The number of phosphoric ester groups is 1. The molecule has 3 heterocycles. The Bertz CT molecular complexity index is 1740. The van der Waals surface area contributed by atoms with Crippen LogP contribution in [0.1, 0.15) is 153 Å². The van der Waals surface area contributed by atoms with Gasteiger partial charge in [0, 0.05) is 0 Å². The molecule has 2 aromatic heterocycles. The van der Waals surface area contributed by atoms with Crippen LogP contribution in [-0.2, 0) is 35.3 Å². The lowest BCUT2D eigenvalue weighted by atomic mass is 9.86. The Hall–Kier alpha value is -2.99. The van der Waals surface area contributed by atoms with E-state index < -0.39 is 43.7 Å². The summed E-state index contributed by atoms with van der Waals surface area (Å²) < 4.78 is 51.0. The highest BCUT2D eigenvalue weighted by molar-refractivity contribution is 7.47. The summed E-state index contributed by atoms with van der Waals surface area (Å²) in [5.74, 6) is -0.375. The number of aromatic nitrogens is 3. The van der Waals surface area contributed by atoms with Crippen molar-refractivity contribution >= 4 is 19.2 Å². The van der Waals surface area contributed by atoms with E-state index in [0.29, 0.717) is 17.5 Å². The van der Waals surface area contributed by atoms with Gasteiger partial charge < -0.3 is 30.3 Å². The van der Waals surface area contributed by atoms with Crippen molar-refractivity contribution < 1.29 is 42.6 Å². The minimum absolute atomic E-state index is 0.0300. The first-order valence-electron chi connectivity index (χ1n) is 21.0. The number of nitriles is 1. The maximum atomic E-state index is 14.1. The number of nitrogen functional groups attached to an aromatic ring is 1. The smallest absolute Gasteiger partial charge is 0.386 e. The molecule has 15 heteroatoms. The zero-order valence-corrected chi connectivity index (χ0v) is 34.9. The van der Waals surface area contributed by atoms with Crippen LogP contribution in [0.4, 0.5) is 10.2 Å². The van der Waals surface area contributed by atoms with E-state index in [1.54, 1.807) is 12.1 Å². The van der Waals surface area contributed by atoms with Crippen molar-refractivity contribution in [2.45, 2.75) is 166 Å². The number of hydrogen-bond acceptors (Lipinski definition) is 11. The minimum atomic E-state index is -4.71. The highest BCUT2D eigenvalue weighted by atomic mass is 31.2. The molecule has 5 atom stereocenters. The van der Waals surface area contributed by atoms with Gasteiger partial charge in [-0.25, -0.2) is 18.5 Å². The van der Waals surface area contributed by atoms with Gasteiger partial charge in [-0.1, -0.05) is 122 Å². The number of anilines is 1. The highest BCUT2D eigenvalue weighted by Gasteiger charge is 2.58. The van der Waals surface area contributed by atoms with Crippen LogP contribution in [0.3, 0.4) is 0 Å². The van der Waals surface area contributed by atoms with Crippen molar-refractivity contribution in [1.82, 2.24) is 14.6 Å². The second kappa shape index (κ2) is 23.6. The Morgan fingerprint density at radius 1 is 0.982 bits per heavy atom. The van der Waals surface area contributed by atoms with Gasteiger partial charge in [-0.15, -0.1) is 0 Å². The fourth-order valence-corrected chi connectivity index (χ4v) is 8.33. The molecule has 3 aromatic rings. The molecule has 0 amide bonds. The number of fused-ring (bicyclic) bond motifs is 1. The molecule has 1 unspecified atom stereocenters. The summed E-state index contributed by atoms with van der Waals surface area (Å²) in [5.41, 5.74) is 3.63. The average molecular weight is 818 g/mol. The van der Waals surface area contributed by atoms with Crippen LogP contribution in [0.2, 0.25) is 0 Å². The predicted molar refractivity (Wildman–Crippen MR) is 216 cm³/mol. The quantitative estimate of drug-likeness (QED) is 0.0385. The zero-order valence-electron chi connectivity index (χ0n) is 34.0. The fraction of sp³-hybridized carbons (Fsp3) is 0.690. The normalized spacial score (nSPS) is 21.2. The summed E-state index contributed by atoms with van der Waals surface area (Å²) >= 11 is 0. The lowest BCUT2D eigenvalue weighted by Gasteiger charge is -2.32. The first kappa shape index (κ1) is 46.7. The van der Waals surface area contributed by atoms with Crippen LogP contribution >= 0.6 is 7.82 Å². The number of nitrogens with two attached hydrogens (primary N) is 1. The summed E-state index contributed by atoms with van der Waals surface area (Å²) in [6.07, 6.45) is 22.1. The van der Waals surface area contributed by atoms with Crippen molar-refractivity contribution in [3.8, 4) is 6.07 Å². The monoisotopic (exact) mass is 817 g/mol. The van der Waals surface area contributed by atoms with E-state index in [0.717, 1.165) is 31.7 Å². The standard InChI is InChI=1S/C42H65FN5O8P/c1-3-4-5-6-7-8-9-10-11-12-13-14-15-16-17-18-19-20-21-36(53-28-34-24-33(27-44)25-35(43)26-34)29-55-57(51,52)56-30-41(2)40(49)42(50,31-54-41)38-23-22-37-39(45)46-32-47-48(37)38/h22-26,32,36,40,49-50H,3-21,28-31H2,1-2H3,(H,51,52)(H2,45,46,47)/t36-,40-,41-,42+/m1/s1. The molecule has 1 aliphatic heterocycles. The molecule has 0 saturated carbocycles. The molecule has 0 radical (unpaired) electrons. The van der Waals surface area contributed by atoms with E-state index in [-0.39, 0.29) is 36.9 Å². The molecule has 1 aliphatic rings. The van der Waals surface area contributed by atoms with Gasteiger partial charge in [0.15, 0.2) is 11.4 Å². The molecule has 1 aromatic carbocycles. The Labute approximate surface area is 337 Å². The van der Waals surface area contributed by atoms with Crippen molar-refractivity contribution in [3.63, 3.8) is 0 Å². The SMILES string of the molecule is CCCCCCCCCCCCCCCCCCCC[C@H](COP(=O)(O)OC[C@@]1(C)OC[C@](O)(c2ccc3c(N)ncnn23)[C@@H]1O)OCc1cc(F)cc(C#N)c1. The van der Waals surface area contributed by atoms with Gasteiger partial charge in [0.2, 0.25) is 0 Å². The van der Waals surface area contributed by atoms with Crippen LogP contribution in [-0.4, -0.2) is 67.3 Å². The number of nitrogens with zero attached hydrogens (tertiary/aromatic N) is 4. The van der Waals surface area contributed by atoms with Gasteiger partial charge in [-0.2, -0.15) is 10.4 Å². The van der Waals surface area contributed by atoms with E-state index in [4.69, 9.17) is 24.3 Å². The zero-order chi connectivity index (χ0) is 41.2. The third-order valence-electron chi connectivity index (χ3n) is 11.0. The maximum Gasteiger partial charge on any atom is 0.472 e. The molecule has 0 aliphatic carbocycles. The number of benzene rings is 1. The lowest BCUT2D eigenvalue weighted by molar-refractivity contribution is -0.100. The number of aliphatic hydroxyl groups is 2. The number of halogens is 1. The topological polar surface area (TPSA) is 195 Å². The van der Waals surface area contributed by atoms with Gasteiger partial charge in [0.1, 0.15) is 29.4 Å². The Kier molecular flexibility index (Phi) is 19.3. The van der Waals surface area contributed by atoms with E-state index in [1.165, 1.54) is 120 Å². The van der Waals surface area contributed by atoms with Crippen molar-refractivity contribution in [1.29, 1.82) is 5.26 Å². The Balaban J connectivity index is 1.19. The van der Waals surface area contributed by atoms with E-state index in [2.05, 4.69) is 17.0 Å². The number of phosphoric acid groups is 1. The lowest BCUT2D eigenvalue weighted by Crippen LogP contribution is -2.49. The molecule has 0 spiro atoms. The molecule has 318 valence electrons. The van der Waals surface area contributed by atoms with E-state index in [9.17, 15) is 29.3 Å². The van der Waals surface area contributed by atoms with E-state index >= 15 is 0 Å². The van der Waals surface area contributed by atoms with Crippen LogP contribution < -0.4 is 5.73 Å². The largest absolute Gasteiger partial charge is 0.472 e. The second-order valence-corrected chi connectivity index (χ2v) is 17.3. The van der Waals surface area contributed by atoms with Gasteiger partial charge in [-0.3, -0.25) is 9.05 Å². The molecule has 5 N–H and O–H groups in total. The summed E-state index contributed by atoms with van der Waals surface area (Å²) in [6.45, 7) is 2.44. The van der Waals surface area contributed by atoms with Gasteiger partial charge in [-0.05, 0) is 49.2 Å². The molecule has 4 rings (SSSR count).